The summed E-state index contributed by atoms with van der Waals surface area (Å²) in [5.41, 5.74) is 0.294. The molecule has 0 atom stereocenters. The van der Waals surface area contributed by atoms with Crippen LogP contribution in [0, 0.1) is 0 Å². The molecule has 0 heterocycles. The molecule has 0 aromatic heterocycles. The zero-order chi connectivity index (χ0) is 18.6. The normalized spacial score (nSPS) is 11.6. The van der Waals surface area contributed by atoms with Crippen molar-refractivity contribution < 1.29 is 18.0 Å². The molecule has 1 N–H and O–H groups in total. The first kappa shape index (κ1) is 19.6. The lowest BCUT2D eigenvalue weighted by Gasteiger charge is -2.17. The lowest BCUT2D eigenvalue weighted by Crippen LogP contribution is -2.30. The average molecular weight is 391 g/mol. The molecule has 25 heavy (non-hydrogen) atoms. The molecule has 2 rings (SSSR count). The molecular formula is C17H15Cl2F3N2O. The molecule has 0 saturated carbocycles. The van der Waals surface area contributed by atoms with E-state index in [0.29, 0.717) is 27.8 Å². The van der Waals surface area contributed by atoms with Crippen molar-refractivity contribution in [3.05, 3.63) is 63.6 Å². The highest BCUT2D eigenvalue weighted by Crippen LogP contribution is 2.30. The van der Waals surface area contributed by atoms with Gasteiger partial charge in [0.05, 0.1) is 27.8 Å². The van der Waals surface area contributed by atoms with E-state index in [1.807, 2.05) is 0 Å². The SMILES string of the molecule is CN(CC(=O)Nc1c(Cl)cccc1Cl)Cc1ccc(C(F)(F)F)cc1. The fourth-order valence-corrected chi connectivity index (χ4v) is 2.70. The molecule has 0 bridgehead atoms. The number of anilines is 1. The van der Waals surface area contributed by atoms with Crippen molar-refractivity contribution >= 4 is 34.8 Å². The van der Waals surface area contributed by atoms with Gasteiger partial charge in [0.1, 0.15) is 0 Å². The quantitative estimate of drug-likeness (QED) is 0.771. The summed E-state index contributed by atoms with van der Waals surface area (Å²) in [5, 5.41) is 3.28. The van der Waals surface area contributed by atoms with Gasteiger partial charge in [-0.25, -0.2) is 0 Å². The van der Waals surface area contributed by atoms with Crippen molar-refractivity contribution in [1.82, 2.24) is 4.90 Å². The summed E-state index contributed by atoms with van der Waals surface area (Å²) in [6.45, 7) is 0.352. The van der Waals surface area contributed by atoms with E-state index < -0.39 is 11.7 Å². The Hall–Kier alpha value is -1.76. The van der Waals surface area contributed by atoms with E-state index in [2.05, 4.69) is 5.32 Å². The molecule has 0 aliphatic rings. The maximum atomic E-state index is 12.5. The van der Waals surface area contributed by atoms with Gasteiger partial charge >= 0.3 is 6.18 Å². The van der Waals surface area contributed by atoms with Gasteiger partial charge in [-0.15, -0.1) is 0 Å². The molecular weight excluding hydrogens is 376 g/mol. The number of carbonyl (C=O) groups is 1. The zero-order valence-corrected chi connectivity index (χ0v) is 14.7. The average Bonchev–Trinajstić information content (AvgIpc) is 2.50. The number of rotatable bonds is 5. The van der Waals surface area contributed by atoms with Gasteiger partial charge < -0.3 is 5.32 Å². The smallest absolute Gasteiger partial charge is 0.322 e. The van der Waals surface area contributed by atoms with Crippen LogP contribution >= 0.6 is 23.2 Å². The third kappa shape index (κ3) is 5.63. The van der Waals surface area contributed by atoms with Crippen LogP contribution in [0.1, 0.15) is 11.1 Å². The number of hydrogen-bond donors (Lipinski definition) is 1. The molecule has 0 spiro atoms. The molecule has 0 aliphatic carbocycles. The number of amides is 1. The Bertz CT molecular complexity index is 728. The van der Waals surface area contributed by atoms with Crippen LogP contribution in [-0.4, -0.2) is 24.4 Å². The number of nitrogens with one attached hydrogen (secondary N) is 1. The standard InChI is InChI=1S/C17H15Cl2F3N2O/c1-24(9-11-5-7-12(8-6-11)17(20,21)22)10-15(25)23-16-13(18)3-2-4-14(16)19/h2-8H,9-10H2,1H3,(H,23,25). The van der Waals surface area contributed by atoms with Crippen LogP contribution in [0.15, 0.2) is 42.5 Å². The van der Waals surface area contributed by atoms with Gasteiger partial charge in [0.15, 0.2) is 0 Å². The number of hydrogen-bond acceptors (Lipinski definition) is 2. The maximum absolute atomic E-state index is 12.5. The van der Waals surface area contributed by atoms with Gasteiger partial charge in [-0.2, -0.15) is 13.2 Å². The summed E-state index contributed by atoms with van der Waals surface area (Å²) in [4.78, 5) is 13.8. The summed E-state index contributed by atoms with van der Waals surface area (Å²) in [5.74, 6) is -0.329. The largest absolute Gasteiger partial charge is 0.416 e. The predicted octanol–water partition coefficient (Wildman–Crippen LogP) is 5.08. The lowest BCUT2D eigenvalue weighted by atomic mass is 10.1. The number of nitrogens with zero attached hydrogens (tertiary/aromatic N) is 1. The number of carbonyl (C=O) groups excluding carboxylic acids is 1. The zero-order valence-electron chi connectivity index (χ0n) is 13.2. The first-order valence-corrected chi connectivity index (χ1v) is 8.01. The van der Waals surface area contributed by atoms with Crippen LogP contribution in [0.25, 0.3) is 0 Å². The Kier molecular flexibility index (Phi) is 6.32. The minimum absolute atomic E-state index is 0.0303. The van der Waals surface area contributed by atoms with Crippen LogP contribution in [0.2, 0.25) is 10.0 Å². The van der Waals surface area contributed by atoms with E-state index in [-0.39, 0.29) is 12.5 Å². The van der Waals surface area contributed by atoms with Crippen molar-refractivity contribution in [3.8, 4) is 0 Å². The number of likely N-dealkylation sites (N-methyl/N-ethyl adjacent to an activating group) is 1. The number of halogens is 5. The first-order chi connectivity index (χ1) is 11.7. The van der Waals surface area contributed by atoms with Crippen molar-refractivity contribution in [3.63, 3.8) is 0 Å². The maximum Gasteiger partial charge on any atom is 0.416 e. The molecule has 134 valence electrons. The van der Waals surface area contributed by atoms with Crippen molar-refractivity contribution in [1.29, 1.82) is 0 Å². The third-order valence-corrected chi connectivity index (χ3v) is 4.00. The second-order valence-electron chi connectivity index (χ2n) is 5.51. The van der Waals surface area contributed by atoms with Crippen LogP contribution in [-0.2, 0) is 17.5 Å². The molecule has 1 amide bonds. The molecule has 0 aliphatic heterocycles. The van der Waals surface area contributed by atoms with E-state index in [9.17, 15) is 18.0 Å². The minimum Gasteiger partial charge on any atom is -0.322 e. The van der Waals surface area contributed by atoms with E-state index in [1.54, 1.807) is 30.1 Å². The molecule has 3 nitrogen and oxygen atoms in total. The molecule has 8 heteroatoms. The summed E-state index contributed by atoms with van der Waals surface area (Å²) in [7, 11) is 1.69. The summed E-state index contributed by atoms with van der Waals surface area (Å²) >= 11 is 12.0. The molecule has 0 radical (unpaired) electrons. The highest BCUT2D eigenvalue weighted by atomic mass is 35.5. The van der Waals surface area contributed by atoms with Gasteiger partial charge in [0.25, 0.3) is 0 Å². The van der Waals surface area contributed by atoms with Crippen LogP contribution in [0.5, 0.6) is 0 Å². The van der Waals surface area contributed by atoms with E-state index >= 15 is 0 Å². The highest BCUT2D eigenvalue weighted by molar-refractivity contribution is 6.39. The molecule has 2 aromatic rings. The Morgan fingerprint density at radius 2 is 1.64 bits per heavy atom. The van der Waals surface area contributed by atoms with Crippen LogP contribution in [0.3, 0.4) is 0 Å². The van der Waals surface area contributed by atoms with Gasteiger partial charge in [-0.1, -0.05) is 41.4 Å². The van der Waals surface area contributed by atoms with Gasteiger partial charge in [0, 0.05) is 6.54 Å². The van der Waals surface area contributed by atoms with Gasteiger partial charge in [-0.3, -0.25) is 9.69 Å². The van der Waals surface area contributed by atoms with Crippen molar-refractivity contribution in [2.24, 2.45) is 0 Å². The minimum atomic E-state index is -4.36. The molecule has 0 fully saturated rings. The third-order valence-electron chi connectivity index (χ3n) is 3.37. The summed E-state index contributed by atoms with van der Waals surface area (Å²) in [6, 6.07) is 9.70. The molecule has 0 unspecified atom stereocenters. The van der Waals surface area contributed by atoms with Gasteiger partial charge in [-0.05, 0) is 36.9 Å². The topological polar surface area (TPSA) is 32.3 Å². The van der Waals surface area contributed by atoms with Crippen LogP contribution < -0.4 is 5.32 Å². The number of benzene rings is 2. The van der Waals surface area contributed by atoms with Crippen molar-refractivity contribution in [2.75, 3.05) is 18.9 Å². The van der Waals surface area contributed by atoms with E-state index in [4.69, 9.17) is 23.2 Å². The second kappa shape index (κ2) is 8.08. The molecule has 0 saturated heterocycles. The highest BCUT2D eigenvalue weighted by Gasteiger charge is 2.29. The Morgan fingerprint density at radius 1 is 1.08 bits per heavy atom. The lowest BCUT2D eigenvalue weighted by molar-refractivity contribution is -0.137. The van der Waals surface area contributed by atoms with E-state index in [0.717, 1.165) is 12.1 Å². The fourth-order valence-electron chi connectivity index (χ4n) is 2.21. The summed E-state index contributed by atoms with van der Waals surface area (Å²) in [6.07, 6.45) is -4.36. The monoisotopic (exact) mass is 390 g/mol. The first-order valence-electron chi connectivity index (χ1n) is 7.25. The summed E-state index contributed by atoms with van der Waals surface area (Å²) < 4.78 is 37.6. The Morgan fingerprint density at radius 3 is 2.16 bits per heavy atom. The number of alkyl halides is 3. The van der Waals surface area contributed by atoms with Gasteiger partial charge in [0.2, 0.25) is 5.91 Å². The van der Waals surface area contributed by atoms with E-state index in [1.165, 1.54) is 12.1 Å². The van der Waals surface area contributed by atoms with Crippen molar-refractivity contribution in [2.45, 2.75) is 12.7 Å². The molecule has 2 aromatic carbocycles. The predicted molar refractivity (Wildman–Crippen MR) is 92.9 cm³/mol. The van der Waals surface area contributed by atoms with Crippen LogP contribution in [0.4, 0.5) is 18.9 Å². The Balaban J connectivity index is 1.93. The second-order valence-corrected chi connectivity index (χ2v) is 6.33. The fraction of sp³-hybridized carbons (Fsp3) is 0.235. The number of para-hydroxylation sites is 1. The Labute approximate surface area is 153 Å².